The minimum atomic E-state index is -1.16. The maximum absolute atomic E-state index is 11.8. The van der Waals surface area contributed by atoms with E-state index in [1.165, 1.54) is 4.90 Å². The first kappa shape index (κ1) is 18.4. The molecule has 0 unspecified atom stereocenters. The third-order valence-electron chi connectivity index (χ3n) is 2.49. The number of nitrogens with zero attached hydrogens (tertiary/aromatic N) is 4. The van der Waals surface area contributed by atoms with Gasteiger partial charge in [-0.1, -0.05) is 0 Å². The van der Waals surface area contributed by atoms with Gasteiger partial charge in [0.15, 0.2) is 5.82 Å². The second-order valence-corrected chi connectivity index (χ2v) is 6.66. The van der Waals surface area contributed by atoms with Crippen molar-refractivity contribution in [3.05, 3.63) is 15.8 Å². The smallest absolute Gasteiger partial charge is 0.413 e. The summed E-state index contributed by atoms with van der Waals surface area (Å²) < 4.78 is 5.87. The van der Waals surface area contributed by atoms with E-state index in [0.717, 1.165) is 4.90 Å². The van der Waals surface area contributed by atoms with Gasteiger partial charge >= 0.3 is 12.2 Å². The number of likely N-dealkylation sites (N-methyl/N-ethyl adjacent to an activating group) is 1. The summed E-state index contributed by atoms with van der Waals surface area (Å²) in [5, 5.41) is 16.9. The van der Waals surface area contributed by atoms with E-state index in [1.54, 1.807) is 40.0 Å². The van der Waals surface area contributed by atoms with Gasteiger partial charge in [0.2, 0.25) is 0 Å². The average molecular weight is 422 g/mol. The summed E-state index contributed by atoms with van der Waals surface area (Å²) in [7, 11) is 1.55. The Kier molecular flexibility index (Phi) is 6.33. The third-order valence-corrected chi connectivity index (χ3v) is 3.06. The first-order chi connectivity index (χ1) is 10.1. The number of carbonyl (C=O) groups excluding carboxylic acids is 1. The van der Waals surface area contributed by atoms with Crippen molar-refractivity contribution in [3.63, 3.8) is 0 Å². The summed E-state index contributed by atoms with van der Waals surface area (Å²) in [6.45, 7) is 5.55. The number of hydrogen-bond donors (Lipinski definition) is 1. The Hall–Kier alpha value is -1.65. The van der Waals surface area contributed by atoms with Crippen LogP contribution < -0.4 is 4.90 Å². The number of rotatable bonds is 4. The molecule has 0 aliphatic heterocycles. The number of anilines is 1. The number of amides is 2. The average Bonchev–Trinajstić information content (AvgIpc) is 2.38. The van der Waals surface area contributed by atoms with Gasteiger partial charge in [0.1, 0.15) is 9.30 Å². The molecule has 2 amide bonds. The van der Waals surface area contributed by atoms with Crippen LogP contribution in [0.3, 0.4) is 0 Å². The predicted molar refractivity (Wildman–Crippen MR) is 89.0 cm³/mol. The van der Waals surface area contributed by atoms with Crippen LogP contribution in [0.25, 0.3) is 0 Å². The zero-order valence-electron chi connectivity index (χ0n) is 12.9. The number of halogens is 1. The monoisotopic (exact) mass is 422 g/mol. The van der Waals surface area contributed by atoms with Gasteiger partial charge in [-0.15, -0.1) is 10.2 Å². The largest absolute Gasteiger partial charge is 0.465 e. The lowest BCUT2D eigenvalue weighted by atomic mass is 10.2. The highest BCUT2D eigenvalue weighted by atomic mass is 127. The molecule has 1 aromatic heterocycles. The lowest BCUT2D eigenvalue weighted by molar-refractivity contribution is 0.0302. The molecule has 0 bridgehead atoms. The van der Waals surface area contributed by atoms with Crippen LogP contribution >= 0.6 is 22.6 Å². The maximum Gasteiger partial charge on any atom is 0.413 e. The minimum absolute atomic E-state index is 0.0698. The highest BCUT2D eigenvalue weighted by molar-refractivity contribution is 14.1. The van der Waals surface area contributed by atoms with Gasteiger partial charge in [-0.2, -0.15) is 0 Å². The van der Waals surface area contributed by atoms with E-state index >= 15 is 0 Å². The van der Waals surface area contributed by atoms with Crippen LogP contribution in [-0.4, -0.2) is 58.1 Å². The molecule has 0 aliphatic carbocycles. The van der Waals surface area contributed by atoms with Crippen molar-refractivity contribution in [3.8, 4) is 0 Å². The van der Waals surface area contributed by atoms with E-state index in [4.69, 9.17) is 4.74 Å². The second-order valence-electron chi connectivity index (χ2n) is 5.55. The zero-order chi connectivity index (χ0) is 16.9. The number of ether oxygens (including phenoxy) is 1. The van der Waals surface area contributed by atoms with Crippen molar-refractivity contribution in [2.45, 2.75) is 26.4 Å². The molecule has 1 rings (SSSR count). The molecule has 0 saturated carbocycles. The summed E-state index contributed by atoms with van der Waals surface area (Å²) >= 11 is 1.98. The molecule has 0 radical (unpaired) electrons. The molecule has 0 aromatic carbocycles. The minimum Gasteiger partial charge on any atom is -0.465 e. The van der Waals surface area contributed by atoms with Gasteiger partial charge in [0.25, 0.3) is 0 Å². The molecule has 22 heavy (non-hydrogen) atoms. The summed E-state index contributed by atoms with van der Waals surface area (Å²) in [6.07, 6.45) is -1.67. The lowest BCUT2D eigenvalue weighted by Gasteiger charge is -2.26. The standard InChI is InChI=1S/C13H19IN4O4/c1-13(2,3)22-12(21)17(4)7-8-18(11(19)20)10-6-5-9(14)15-16-10/h5-6H,7-8H2,1-4H3,(H,19,20). The van der Waals surface area contributed by atoms with Gasteiger partial charge in [0, 0.05) is 20.1 Å². The van der Waals surface area contributed by atoms with Crippen LogP contribution in [-0.2, 0) is 4.74 Å². The number of carboxylic acid groups (broad SMARTS) is 1. The maximum atomic E-state index is 11.8. The molecule has 1 aromatic rings. The van der Waals surface area contributed by atoms with E-state index in [2.05, 4.69) is 10.2 Å². The van der Waals surface area contributed by atoms with Crippen LogP contribution in [0.5, 0.6) is 0 Å². The topological polar surface area (TPSA) is 95.9 Å². The summed E-state index contributed by atoms with van der Waals surface area (Å²) in [5.74, 6) is 0.213. The Morgan fingerprint density at radius 1 is 1.27 bits per heavy atom. The van der Waals surface area contributed by atoms with E-state index in [9.17, 15) is 14.7 Å². The molecule has 1 N–H and O–H groups in total. The Balaban J connectivity index is 2.67. The van der Waals surface area contributed by atoms with Gasteiger partial charge in [-0.25, -0.2) is 9.59 Å². The Morgan fingerprint density at radius 2 is 1.91 bits per heavy atom. The van der Waals surface area contributed by atoms with E-state index in [-0.39, 0.29) is 18.9 Å². The van der Waals surface area contributed by atoms with Crippen LogP contribution in [0.1, 0.15) is 20.8 Å². The fourth-order valence-corrected chi connectivity index (χ4v) is 1.73. The highest BCUT2D eigenvalue weighted by Gasteiger charge is 2.22. The molecule has 8 nitrogen and oxygen atoms in total. The number of carbonyl (C=O) groups is 2. The summed E-state index contributed by atoms with van der Waals surface area (Å²) in [6, 6.07) is 3.23. The fourth-order valence-electron chi connectivity index (χ4n) is 1.44. The second kappa shape index (κ2) is 7.56. The Bertz CT molecular complexity index is 530. The van der Waals surface area contributed by atoms with Crippen molar-refractivity contribution in [1.29, 1.82) is 0 Å². The van der Waals surface area contributed by atoms with E-state index < -0.39 is 17.8 Å². The quantitative estimate of drug-likeness (QED) is 0.749. The van der Waals surface area contributed by atoms with Crippen molar-refractivity contribution in [2.75, 3.05) is 25.0 Å². The van der Waals surface area contributed by atoms with Gasteiger partial charge in [0.05, 0.1) is 0 Å². The molecule has 1 heterocycles. The number of hydrogen-bond acceptors (Lipinski definition) is 5. The van der Waals surface area contributed by atoms with Crippen LogP contribution in [0, 0.1) is 3.70 Å². The predicted octanol–water partition coefficient (Wildman–Crippen LogP) is 2.43. The molecule has 0 spiro atoms. The van der Waals surface area contributed by atoms with Crippen molar-refractivity contribution >= 4 is 40.6 Å². The van der Waals surface area contributed by atoms with Crippen molar-refractivity contribution in [1.82, 2.24) is 15.1 Å². The lowest BCUT2D eigenvalue weighted by Crippen LogP contribution is -2.41. The normalized spacial score (nSPS) is 11.0. The molecular weight excluding hydrogens is 403 g/mol. The SMILES string of the molecule is CN(CCN(C(=O)O)c1ccc(I)nn1)C(=O)OC(C)(C)C. The molecular formula is C13H19IN4O4. The molecule has 9 heteroatoms. The third kappa shape index (κ3) is 6.00. The van der Waals surface area contributed by atoms with E-state index in [1.807, 2.05) is 22.6 Å². The van der Waals surface area contributed by atoms with Crippen LogP contribution in [0.2, 0.25) is 0 Å². The summed E-state index contributed by atoms with van der Waals surface area (Å²) in [5.41, 5.74) is -0.598. The van der Waals surface area contributed by atoms with E-state index in [0.29, 0.717) is 3.70 Å². The first-order valence-corrected chi connectivity index (χ1v) is 7.62. The first-order valence-electron chi connectivity index (χ1n) is 6.54. The Morgan fingerprint density at radius 3 is 2.36 bits per heavy atom. The number of aromatic nitrogens is 2. The van der Waals surface area contributed by atoms with Crippen LogP contribution in [0.4, 0.5) is 15.4 Å². The molecule has 0 aliphatic rings. The van der Waals surface area contributed by atoms with Crippen LogP contribution in [0.15, 0.2) is 12.1 Å². The van der Waals surface area contributed by atoms with Crippen molar-refractivity contribution < 1.29 is 19.4 Å². The Labute approximate surface area is 142 Å². The highest BCUT2D eigenvalue weighted by Crippen LogP contribution is 2.12. The van der Waals surface area contributed by atoms with Gasteiger partial charge in [-0.05, 0) is 55.5 Å². The molecule has 122 valence electrons. The zero-order valence-corrected chi connectivity index (χ0v) is 15.1. The fraction of sp³-hybridized carbons (Fsp3) is 0.538. The molecule has 0 saturated heterocycles. The summed E-state index contributed by atoms with van der Waals surface area (Å²) in [4.78, 5) is 25.5. The van der Waals surface area contributed by atoms with Gasteiger partial charge in [-0.3, -0.25) is 4.90 Å². The molecule has 0 fully saturated rings. The van der Waals surface area contributed by atoms with Crippen molar-refractivity contribution in [2.24, 2.45) is 0 Å². The molecule has 0 atom stereocenters. The van der Waals surface area contributed by atoms with Gasteiger partial charge < -0.3 is 14.7 Å².